The summed E-state index contributed by atoms with van der Waals surface area (Å²) < 4.78 is 13.9. The van der Waals surface area contributed by atoms with Crippen LogP contribution in [0.15, 0.2) is 42.9 Å². The van der Waals surface area contributed by atoms with E-state index in [1.165, 1.54) is 6.20 Å². The monoisotopic (exact) mass is 502 g/mol. The number of nitrogens with two attached hydrogens (primary N) is 1. The van der Waals surface area contributed by atoms with E-state index in [4.69, 9.17) is 15.2 Å². The van der Waals surface area contributed by atoms with Crippen molar-refractivity contribution in [2.75, 3.05) is 24.4 Å². The summed E-state index contributed by atoms with van der Waals surface area (Å²) >= 11 is 0. The summed E-state index contributed by atoms with van der Waals surface area (Å²) in [7, 11) is 1.60. The maximum Gasteiger partial charge on any atom is 0.252 e. The van der Waals surface area contributed by atoms with Crippen LogP contribution in [-0.4, -0.2) is 45.9 Å². The van der Waals surface area contributed by atoms with Crippen LogP contribution in [0.2, 0.25) is 0 Å². The molecule has 3 fully saturated rings. The Morgan fingerprint density at radius 3 is 2.73 bits per heavy atom. The number of anilines is 3. The van der Waals surface area contributed by atoms with Crippen molar-refractivity contribution in [2.24, 2.45) is 11.7 Å². The highest BCUT2D eigenvalue weighted by Crippen LogP contribution is 2.51. The first kappa shape index (κ1) is 23.5. The third-order valence-electron chi connectivity index (χ3n) is 7.67. The van der Waals surface area contributed by atoms with Crippen LogP contribution < -0.4 is 21.1 Å². The minimum absolute atomic E-state index is 0.0294. The number of methoxy groups -OCH3 is 1. The number of carbonyl (C=O) groups is 2. The number of hydrogen-bond donors (Lipinski definition) is 3. The average Bonchev–Trinajstić information content (AvgIpc) is 3.40. The summed E-state index contributed by atoms with van der Waals surface area (Å²) in [6.45, 7) is 0.820. The Labute approximate surface area is 214 Å². The Bertz CT molecular complexity index is 1360. The Balaban J connectivity index is 1.29. The van der Waals surface area contributed by atoms with E-state index < -0.39 is 5.91 Å². The predicted molar refractivity (Wildman–Crippen MR) is 138 cm³/mol. The lowest BCUT2D eigenvalue weighted by Crippen LogP contribution is -2.47. The van der Waals surface area contributed by atoms with Crippen molar-refractivity contribution in [3.05, 3.63) is 48.4 Å². The zero-order valence-corrected chi connectivity index (χ0v) is 20.7. The molecule has 192 valence electrons. The summed E-state index contributed by atoms with van der Waals surface area (Å²) in [6, 6.07) is 7.59. The maximum absolute atomic E-state index is 12.2. The Kier molecular flexibility index (Phi) is 5.83. The molecule has 4 N–H and O–H groups in total. The fraction of sp³-hybridized carbons (Fsp3) is 0.407. The first-order valence-corrected chi connectivity index (χ1v) is 12.7. The van der Waals surface area contributed by atoms with Crippen LogP contribution >= 0.6 is 0 Å². The second kappa shape index (κ2) is 9.19. The van der Waals surface area contributed by atoms with Crippen LogP contribution in [0.4, 0.5) is 17.2 Å². The number of ether oxygens (including phenoxy) is 2. The SMILES string of the molecule is COc1c(Nc2cc(NC(=O)C3CC3)ncc2C(N)=O)cccc1-c1cnn(C2CCC23CCCO3)c1. The van der Waals surface area contributed by atoms with Gasteiger partial charge in [0.25, 0.3) is 5.91 Å². The van der Waals surface area contributed by atoms with Gasteiger partial charge >= 0.3 is 0 Å². The molecule has 0 radical (unpaired) electrons. The van der Waals surface area contributed by atoms with E-state index in [-0.39, 0.29) is 29.0 Å². The van der Waals surface area contributed by atoms with Gasteiger partial charge in [0.2, 0.25) is 5.91 Å². The number of aromatic nitrogens is 3. The largest absolute Gasteiger partial charge is 0.494 e. The summed E-state index contributed by atoms with van der Waals surface area (Å²) in [6.07, 6.45) is 11.3. The van der Waals surface area contributed by atoms with Gasteiger partial charge < -0.3 is 25.8 Å². The highest BCUT2D eigenvalue weighted by Gasteiger charge is 2.51. The first-order valence-electron chi connectivity index (χ1n) is 12.7. The number of hydrogen-bond acceptors (Lipinski definition) is 7. The molecule has 2 atom stereocenters. The van der Waals surface area contributed by atoms with E-state index in [9.17, 15) is 9.59 Å². The van der Waals surface area contributed by atoms with Crippen molar-refractivity contribution < 1.29 is 19.1 Å². The molecule has 0 bridgehead atoms. The predicted octanol–water partition coefficient (Wildman–Crippen LogP) is 4.03. The molecule has 6 rings (SSSR count). The average molecular weight is 503 g/mol. The number of primary amides is 1. The maximum atomic E-state index is 12.2. The molecule has 2 unspecified atom stereocenters. The highest BCUT2D eigenvalue weighted by molar-refractivity contribution is 6.01. The van der Waals surface area contributed by atoms with E-state index >= 15 is 0 Å². The fourth-order valence-electron chi connectivity index (χ4n) is 5.42. The second-order valence-corrected chi connectivity index (χ2v) is 10.0. The number of nitrogens with one attached hydrogen (secondary N) is 2. The number of para-hydroxylation sites is 1. The van der Waals surface area contributed by atoms with Gasteiger partial charge in [0.05, 0.1) is 41.9 Å². The van der Waals surface area contributed by atoms with Crippen molar-refractivity contribution in [1.29, 1.82) is 0 Å². The van der Waals surface area contributed by atoms with E-state index in [0.29, 0.717) is 22.9 Å². The van der Waals surface area contributed by atoms with Crippen LogP contribution in [0.1, 0.15) is 54.9 Å². The van der Waals surface area contributed by atoms with Gasteiger partial charge in [-0.1, -0.05) is 12.1 Å². The molecule has 1 spiro atoms. The molecule has 1 aliphatic heterocycles. The van der Waals surface area contributed by atoms with Crippen LogP contribution in [-0.2, 0) is 9.53 Å². The summed E-state index contributed by atoms with van der Waals surface area (Å²) in [5.41, 5.74) is 8.58. The lowest BCUT2D eigenvalue weighted by Gasteiger charge is -2.45. The third kappa shape index (κ3) is 4.31. The molecule has 3 aliphatic rings. The Morgan fingerprint density at radius 1 is 1.19 bits per heavy atom. The standard InChI is InChI=1S/C27H30N6O4/c1-36-24-18(17-13-30-33(15-17)22-8-10-27(22)9-3-11-37-27)4-2-5-20(24)31-21-12-23(29-14-19(21)25(28)34)32-26(35)16-6-7-16/h2,4-5,12-16,22H,3,6-11H2,1H3,(H2,28,34)(H2,29,31,32,35). The number of carbonyl (C=O) groups excluding carboxylic acids is 2. The van der Waals surface area contributed by atoms with Crippen LogP contribution in [0.3, 0.4) is 0 Å². The van der Waals surface area contributed by atoms with Crippen molar-refractivity contribution in [3.63, 3.8) is 0 Å². The minimum Gasteiger partial charge on any atom is -0.494 e. The van der Waals surface area contributed by atoms with Crippen molar-refractivity contribution in [3.8, 4) is 16.9 Å². The molecule has 10 nitrogen and oxygen atoms in total. The summed E-state index contributed by atoms with van der Waals surface area (Å²) in [5, 5.41) is 10.8. The van der Waals surface area contributed by atoms with Gasteiger partial charge in [-0.25, -0.2) is 4.98 Å². The van der Waals surface area contributed by atoms with Gasteiger partial charge in [-0.05, 0) is 44.6 Å². The number of amides is 2. The van der Waals surface area contributed by atoms with Crippen LogP contribution in [0.5, 0.6) is 5.75 Å². The smallest absolute Gasteiger partial charge is 0.252 e. The number of pyridine rings is 1. The van der Waals surface area contributed by atoms with E-state index in [1.807, 2.05) is 35.3 Å². The zero-order valence-electron chi connectivity index (χ0n) is 20.7. The second-order valence-electron chi connectivity index (χ2n) is 10.0. The molecule has 2 aromatic heterocycles. The molecule has 3 heterocycles. The Morgan fingerprint density at radius 2 is 2.05 bits per heavy atom. The van der Waals surface area contributed by atoms with Gasteiger partial charge in [-0.15, -0.1) is 0 Å². The van der Waals surface area contributed by atoms with Gasteiger partial charge in [0.15, 0.2) is 0 Å². The lowest BCUT2D eigenvalue weighted by molar-refractivity contribution is -0.117. The molecule has 10 heteroatoms. The molecule has 2 amide bonds. The summed E-state index contributed by atoms with van der Waals surface area (Å²) in [4.78, 5) is 28.5. The molecule has 3 aromatic rings. The molecule has 37 heavy (non-hydrogen) atoms. The van der Waals surface area contributed by atoms with Gasteiger partial charge in [0.1, 0.15) is 11.6 Å². The first-order chi connectivity index (χ1) is 18.0. The molecule has 2 saturated carbocycles. The van der Waals surface area contributed by atoms with E-state index in [1.54, 1.807) is 13.2 Å². The zero-order chi connectivity index (χ0) is 25.6. The lowest BCUT2D eigenvalue weighted by atomic mass is 9.73. The molecule has 1 aromatic carbocycles. The fourth-order valence-corrected chi connectivity index (χ4v) is 5.42. The van der Waals surface area contributed by atoms with Crippen molar-refractivity contribution in [1.82, 2.24) is 14.8 Å². The number of benzene rings is 1. The molecule has 2 aliphatic carbocycles. The van der Waals surface area contributed by atoms with E-state index in [2.05, 4.69) is 20.7 Å². The van der Waals surface area contributed by atoms with Gasteiger partial charge in [-0.3, -0.25) is 14.3 Å². The van der Waals surface area contributed by atoms with E-state index in [0.717, 1.165) is 56.3 Å². The molecular formula is C27H30N6O4. The normalized spacial score (nSPS) is 22.5. The summed E-state index contributed by atoms with van der Waals surface area (Å²) in [5.74, 6) is 0.276. The van der Waals surface area contributed by atoms with Crippen LogP contribution in [0, 0.1) is 5.92 Å². The van der Waals surface area contributed by atoms with Crippen molar-refractivity contribution in [2.45, 2.75) is 50.2 Å². The van der Waals surface area contributed by atoms with Crippen molar-refractivity contribution >= 4 is 29.0 Å². The van der Waals surface area contributed by atoms with Gasteiger partial charge in [-0.2, -0.15) is 5.10 Å². The molecule has 1 saturated heterocycles. The quantitative estimate of drug-likeness (QED) is 0.423. The van der Waals surface area contributed by atoms with Gasteiger partial charge in [0, 0.05) is 42.1 Å². The Hall–Kier alpha value is -3.92. The number of nitrogens with zero attached hydrogens (tertiary/aromatic N) is 3. The number of rotatable bonds is 8. The minimum atomic E-state index is -0.630. The van der Waals surface area contributed by atoms with Crippen LogP contribution in [0.25, 0.3) is 11.1 Å². The molecular weight excluding hydrogens is 472 g/mol. The topological polar surface area (TPSA) is 133 Å². The highest BCUT2D eigenvalue weighted by atomic mass is 16.5. The third-order valence-corrected chi connectivity index (χ3v) is 7.67.